The molecule has 1 saturated carbocycles. The Morgan fingerprint density at radius 1 is 0.833 bits per heavy atom. The van der Waals surface area contributed by atoms with Gasteiger partial charge in [-0.05, 0) is 119 Å². The van der Waals surface area contributed by atoms with Gasteiger partial charge in [0.1, 0.15) is 36.2 Å². The normalized spacial score (nSPS) is 36.3. The van der Waals surface area contributed by atoms with E-state index in [0.29, 0.717) is 69.8 Å². The zero-order valence-corrected chi connectivity index (χ0v) is 47.5. The predicted octanol–water partition coefficient (Wildman–Crippen LogP) is 8.76. The van der Waals surface area contributed by atoms with Crippen molar-refractivity contribution in [1.82, 2.24) is 4.90 Å². The molecular weight excluding hydrogens is 1010 g/mol. The van der Waals surface area contributed by atoms with Crippen molar-refractivity contribution in [3.05, 3.63) is 82.0 Å². The number of nitro groups is 1. The summed E-state index contributed by atoms with van der Waals surface area (Å²) in [6.45, 7) is 13.1. The Morgan fingerprint density at radius 2 is 1.54 bits per heavy atom. The van der Waals surface area contributed by atoms with Crippen molar-refractivity contribution in [3.8, 4) is 5.75 Å². The highest BCUT2D eigenvalue weighted by Gasteiger charge is 2.53. The van der Waals surface area contributed by atoms with E-state index in [1.807, 2.05) is 71.1 Å². The number of nitrogens with zero attached hydrogens (tertiary/aromatic N) is 2. The molecule has 3 fully saturated rings. The molecule has 1 aromatic rings. The quantitative estimate of drug-likeness (QED) is 0.0555. The number of carbonyl (C=O) groups excluding carboxylic acids is 5. The van der Waals surface area contributed by atoms with Gasteiger partial charge in [-0.3, -0.25) is 24.5 Å². The Labute approximate surface area is 460 Å². The lowest BCUT2D eigenvalue weighted by atomic mass is 9.78. The molecule has 2 bridgehead atoms. The number of rotatable bonds is 10. The number of allylic oxidation sites excluding steroid dienone is 5. The number of aliphatic hydroxyl groups is 2. The van der Waals surface area contributed by atoms with Gasteiger partial charge in [-0.2, -0.15) is 0 Å². The number of piperidine rings is 1. The molecule has 1 amide bonds. The summed E-state index contributed by atoms with van der Waals surface area (Å²) in [7, 11) is 6.05. The number of cyclic esters (lactones) is 1. The third-order valence-corrected chi connectivity index (χ3v) is 16.4. The summed E-state index contributed by atoms with van der Waals surface area (Å²) in [6.07, 6.45) is 9.63. The van der Waals surface area contributed by atoms with Crippen LogP contribution in [0.1, 0.15) is 126 Å². The minimum Gasteiger partial charge on any atom is -0.460 e. The van der Waals surface area contributed by atoms with E-state index in [1.54, 1.807) is 28.1 Å². The molecule has 4 aliphatic rings. The van der Waals surface area contributed by atoms with Crippen molar-refractivity contribution >= 4 is 35.3 Å². The SMILES string of the molecule is COC1C[C@@H]2CC[C@@H](C)[C@@](O)(O2)C(=O)C(=O)N2CCCC[C@H]2C(=O)O[C@H]([C@H](C)C[C@@H]2CC[C@@H](OC(=O)Oc3ccc([N+](=O)[O-])cc3)[C@H](OC)C2)CC(OC)[C@H](C)/C=C(\C)[C@@H](O)[C@@H](OC)C(=O)[C@H](C)C[C@H](C)/C=C/C=C/C=C/1C. The molecule has 0 aromatic heterocycles. The van der Waals surface area contributed by atoms with Crippen molar-refractivity contribution in [3.63, 3.8) is 0 Å². The van der Waals surface area contributed by atoms with Gasteiger partial charge in [0.2, 0.25) is 5.79 Å². The second kappa shape index (κ2) is 29.9. The van der Waals surface area contributed by atoms with E-state index in [9.17, 15) is 44.3 Å². The minimum absolute atomic E-state index is 0.00722. The van der Waals surface area contributed by atoms with Gasteiger partial charge in [-0.15, -0.1) is 0 Å². The maximum Gasteiger partial charge on any atom is 0.514 e. The second-order valence-electron chi connectivity index (χ2n) is 22.2. The number of ketones is 2. The Kier molecular flexibility index (Phi) is 24.4. The molecule has 2 N–H and O–H groups in total. The van der Waals surface area contributed by atoms with Crippen LogP contribution in [0.15, 0.2) is 71.9 Å². The van der Waals surface area contributed by atoms with Gasteiger partial charge in [0.25, 0.3) is 17.4 Å². The molecule has 2 unspecified atom stereocenters. The number of carbonyl (C=O) groups is 5. The second-order valence-corrected chi connectivity index (χ2v) is 22.2. The molecule has 5 rings (SSSR count). The van der Waals surface area contributed by atoms with Crippen LogP contribution in [0.25, 0.3) is 0 Å². The average molecular weight is 1100 g/mol. The van der Waals surface area contributed by atoms with Gasteiger partial charge in [0.15, 0.2) is 5.78 Å². The summed E-state index contributed by atoms with van der Waals surface area (Å²) in [5.74, 6) is -7.35. The third kappa shape index (κ3) is 16.9. The number of esters is 1. The number of Topliss-reactive ketones (excluding diaryl/α,β-unsaturated/α-hetero) is 2. The number of fused-ring (bicyclic) bond motifs is 3. The van der Waals surface area contributed by atoms with Crippen LogP contribution in [-0.4, -0.2) is 145 Å². The highest BCUT2D eigenvalue weighted by Crippen LogP contribution is 2.39. The molecule has 1 aliphatic carbocycles. The number of ether oxygens (including phenoxy) is 8. The van der Waals surface area contributed by atoms with Gasteiger partial charge < -0.3 is 53.0 Å². The Morgan fingerprint density at radius 3 is 2.19 bits per heavy atom. The molecule has 16 atom stereocenters. The Hall–Kier alpha value is -5.15. The van der Waals surface area contributed by atoms with Crippen LogP contribution in [0.3, 0.4) is 0 Å². The number of hydrogen-bond donors (Lipinski definition) is 2. The summed E-state index contributed by atoms with van der Waals surface area (Å²) in [5, 5.41) is 34.8. The first-order chi connectivity index (χ1) is 37.0. The number of hydrogen-bond acceptors (Lipinski definition) is 17. The molecule has 1 aromatic carbocycles. The largest absolute Gasteiger partial charge is 0.514 e. The molecular formula is C59H86N2O17. The molecule has 434 valence electrons. The maximum absolute atomic E-state index is 14.7. The number of amides is 1. The Balaban J connectivity index is 1.44. The summed E-state index contributed by atoms with van der Waals surface area (Å²) in [6, 6.07) is 3.91. The van der Waals surface area contributed by atoms with E-state index in [4.69, 9.17) is 37.9 Å². The van der Waals surface area contributed by atoms with Gasteiger partial charge in [0.05, 0.1) is 29.3 Å². The van der Waals surface area contributed by atoms with E-state index < -0.39 is 107 Å². The summed E-state index contributed by atoms with van der Waals surface area (Å²) < 4.78 is 47.2. The van der Waals surface area contributed by atoms with E-state index in [-0.39, 0.29) is 54.4 Å². The number of nitro benzene ring substituents is 1. The summed E-state index contributed by atoms with van der Waals surface area (Å²) in [4.78, 5) is 82.1. The first-order valence-electron chi connectivity index (χ1n) is 27.7. The number of non-ortho nitro benzene ring substituents is 1. The summed E-state index contributed by atoms with van der Waals surface area (Å²) >= 11 is 0. The standard InChI is InChI=1S/C59H86N2O17/c1-35-17-13-12-14-18-36(2)48(71-8)33-45-24-20-41(7)59(68,78-45)55(64)56(65)60-28-16-15-19-46(60)57(66)76-50(34-49(72-9)37(3)30-40(6)53(63)54(74-11)52(62)39(5)29-35)38(4)31-42-21-27-47(51(32-42)73-10)77-58(67)75-44-25-22-43(23-26-44)61(69)70/h12-14,17-18,22-23,25-26,30,35,37-39,41-42,45-51,53-54,63,68H,15-16,19-21,24,27-29,31-34H2,1-11H3/b14-12+,17-13+,36-18+,40-30+/t35-,37-,38-,39-,41-,42+,45+,46+,47-,48?,49?,50+,51-,53-,54+,59-/m1/s1. The fourth-order valence-corrected chi connectivity index (χ4v) is 11.6. The zero-order chi connectivity index (χ0) is 57.4. The molecule has 0 radical (unpaired) electrons. The summed E-state index contributed by atoms with van der Waals surface area (Å²) in [5.41, 5.74) is 1.20. The van der Waals surface area contributed by atoms with Crippen molar-refractivity contribution in [2.45, 2.75) is 186 Å². The minimum atomic E-state index is -2.45. The zero-order valence-electron chi connectivity index (χ0n) is 47.5. The lowest BCUT2D eigenvalue weighted by Crippen LogP contribution is -2.61. The number of benzene rings is 1. The smallest absolute Gasteiger partial charge is 0.460 e. The Bertz CT molecular complexity index is 2320. The molecule has 0 spiro atoms. The van der Waals surface area contributed by atoms with E-state index in [1.165, 1.54) is 43.4 Å². The van der Waals surface area contributed by atoms with E-state index in [0.717, 1.165) is 5.57 Å². The van der Waals surface area contributed by atoms with Crippen molar-refractivity contribution in [1.29, 1.82) is 0 Å². The fraction of sp³-hybridized carbons (Fsp3) is 0.678. The third-order valence-electron chi connectivity index (χ3n) is 16.4. The molecule has 2 saturated heterocycles. The predicted molar refractivity (Wildman–Crippen MR) is 289 cm³/mol. The topological polar surface area (TPSA) is 246 Å². The average Bonchev–Trinajstić information content (AvgIpc) is 3.44. The monoisotopic (exact) mass is 1090 g/mol. The molecule has 78 heavy (non-hydrogen) atoms. The molecule has 3 heterocycles. The molecule has 19 nitrogen and oxygen atoms in total. The van der Waals surface area contributed by atoms with Crippen LogP contribution >= 0.6 is 0 Å². The molecule has 3 aliphatic heterocycles. The van der Waals surface area contributed by atoms with Crippen LogP contribution in [-0.2, 0) is 52.3 Å². The van der Waals surface area contributed by atoms with Crippen molar-refractivity contribution in [2.75, 3.05) is 35.0 Å². The first-order valence-corrected chi connectivity index (χ1v) is 27.7. The van der Waals surface area contributed by atoms with Crippen LogP contribution < -0.4 is 4.74 Å². The van der Waals surface area contributed by atoms with Gasteiger partial charge in [-0.25, -0.2) is 9.59 Å². The van der Waals surface area contributed by atoms with Gasteiger partial charge in [-0.1, -0.05) is 71.1 Å². The maximum atomic E-state index is 14.7. The van der Waals surface area contributed by atoms with Gasteiger partial charge >= 0.3 is 12.1 Å². The van der Waals surface area contributed by atoms with E-state index >= 15 is 0 Å². The first kappa shape index (κ1) is 63.7. The number of methoxy groups -OCH3 is 4. The number of aliphatic hydroxyl groups excluding tert-OH is 1. The van der Waals surface area contributed by atoms with Gasteiger partial charge in [0, 0.05) is 77.7 Å². The van der Waals surface area contributed by atoms with Crippen LogP contribution in [0.2, 0.25) is 0 Å². The van der Waals surface area contributed by atoms with Crippen LogP contribution in [0.4, 0.5) is 10.5 Å². The lowest BCUT2D eigenvalue weighted by molar-refractivity contribution is -0.384. The fourth-order valence-electron chi connectivity index (χ4n) is 11.6. The molecule has 19 heteroatoms. The lowest BCUT2D eigenvalue weighted by Gasteiger charge is -2.43. The van der Waals surface area contributed by atoms with E-state index in [2.05, 4.69) is 0 Å². The van der Waals surface area contributed by atoms with Crippen molar-refractivity contribution < 1.29 is 77.0 Å². The highest BCUT2D eigenvalue weighted by molar-refractivity contribution is 6.39. The van der Waals surface area contributed by atoms with Crippen molar-refractivity contribution in [2.24, 2.45) is 35.5 Å². The van der Waals surface area contributed by atoms with Crippen LogP contribution in [0.5, 0.6) is 5.75 Å². The highest BCUT2D eigenvalue weighted by atomic mass is 16.7. The van der Waals surface area contributed by atoms with Crippen LogP contribution in [0, 0.1) is 45.6 Å².